The Morgan fingerprint density at radius 3 is 3.22 bits per heavy atom. The Bertz CT molecular complexity index is 406. The molecule has 0 bridgehead atoms. The van der Waals surface area contributed by atoms with Crippen LogP contribution in [0.25, 0.3) is 0 Å². The van der Waals surface area contributed by atoms with Crippen LogP contribution in [0.4, 0.5) is 5.69 Å². The van der Waals surface area contributed by atoms with Crippen molar-refractivity contribution in [3.05, 3.63) is 24.3 Å². The van der Waals surface area contributed by atoms with Crippen LogP contribution in [0.15, 0.2) is 24.3 Å². The highest BCUT2D eigenvalue weighted by Crippen LogP contribution is 2.20. The van der Waals surface area contributed by atoms with Gasteiger partial charge in [0.05, 0.1) is 0 Å². The van der Waals surface area contributed by atoms with Crippen molar-refractivity contribution in [1.82, 2.24) is 5.32 Å². The molecule has 0 amide bonds. The number of hydrogen-bond acceptors (Lipinski definition) is 4. The van der Waals surface area contributed by atoms with E-state index in [1.165, 1.54) is 12.8 Å². The molecule has 2 N–H and O–H groups in total. The second kappa shape index (κ2) is 6.87. The number of anilines is 1. The fraction of sp³-hybridized carbons (Fsp3) is 0.500. The predicted molar refractivity (Wildman–Crippen MR) is 71.7 cm³/mol. The van der Waals surface area contributed by atoms with E-state index in [0.717, 1.165) is 30.9 Å². The van der Waals surface area contributed by atoms with Crippen molar-refractivity contribution in [2.75, 3.05) is 25.0 Å². The molecule has 1 atom stereocenters. The third-order valence-corrected chi connectivity index (χ3v) is 3.08. The first-order valence-corrected chi connectivity index (χ1v) is 6.45. The van der Waals surface area contributed by atoms with Crippen LogP contribution in [0.3, 0.4) is 0 Å². The van der Waals surface area contributed by atoms with Crippen LogP contribution in [0.1, 0.15) is 19.3 Å². The first-order valence-electron chi connectivity index (χ1n) is 6.45. The fourth-order valence-electron chi connectivity index (χ4n) is 2.19. The van der Waals surface area contributed by atoms with E-state index in [0.29, 0.717) is 6.04 Å². The monoisotopic (exact) mass is 245 g/mol. The van der Waals surface area contributed by atoms with Gasteiger partial charge in [-0.3, -0.25) is 0 Å². The molecule has 1 aliphatic heterocycles. The number of nitriles is 1. The van der Waals surface area contributed by atoms with Crippen LogP contribution in [0, 0.1) is 11.3 Å². The summed E-state index contributed by atoms with van der Waals surface area (Å²) in [7, 11) is 0. The smallest absolute Gasteiger partial charge is 0.174 e. The summed E-state index contributed by atoms with van der Waals surface area (Å²) >= 11 is 0. The van der Waals surface area contributed by atoms with Crippen molar-refractivity contribution < 1.29 is 4.74 Å². The van der Waals surface area contributed by atoms with Gasteiger partial charge in [-0.15, -0.1) is 0 Å². The molecular weight excluding hydrogens is 226 g/mol. The second-order valence-corrected chi connectivity index (χ2v) is 4.50. The van der Waals surface area contributed by atoms with E-state index in [2.05, 4.69) is 10.6 Å². The molecule has 4 heteroatoms. The Labute approximate surface area is 108 Å². The van der Waals surface area contributed by atoms with E-state index in [1.54, 1.807) is 0 Å². The zero-order valence-corrected chi connectivity index (χ0v) is 10.5. The van der Waals surface area contributed by atoms with E-state index in [9.17, 15) is 0 Å². The largest absolute Gasteiger partial charge is 0.479 e. The quantitative estimate of drug-likeness (QED) is 0.853. The van der Waals surface area contributed by atoms with Gasteiger partial charge in [-0.1, -0.05) is 6.07 Å². The molecular formula is C14H19N3O. The van der Waals surface area contributed by atoms with Gasteiger partial charge >= 0.3 is 0 Å². The second-order valence-electron chi connectivity index (χ2n) is 4.50. The van der Waals surface area contributed by atoms with Crippen molar-refractivity contribution in [2.24, 2.45) is 0 Å². The summed E-state index contributed by atoms with van der Waals surface area (Å²) in [6.45, 7) is 2.28. The molecule has 1 aliphatic rings. The van der Waals surface area contributed by atoms with Crippen LogP contribution in [0.2, 0.25) is 0 Å². The van der Waals surface area contributed by atoms with Crippen LogP contribution < -0.4 is 15.4 Å². The van der Waals surface area contributed by atoms with Gasteiger partial charge in [0.25, 0.3) is 0 Å². The zero-order chi connectivity index (χ0) is 12.6. The van der Waals surface area contributed by atoms with Crippen molar-refractivity contribution in [3.63, 3.8) is 0 Å². The standard InChI is InChI=1S/C14H19N3O/c15-7-10-18-14-5-1-3-13(11-14)17-12-4-2-8-16-9-6-12/h1,3,5,11-12,16-17H,2,4,6,8-10H2. The van der Waals surface area contributed by atoms with E-state index >= 15 is 0 Å². The lowest BCUT2D eigenvalue weighted by Crippen LogP contribution is -2.21. The van der Waals surface area contributed by atoms with E-state index < -0.39 is 0 Å². The van der Waals surface area contributed by atoms with Gasteiger partial charge in [0, 0.05) is 17.8 Å². The lowest BCUT2D eigenvalue weighted by atomic mass is 10.1. The molecule has 4 nitrogen and oxygen atoms in total. The predicted octanol–water partition coefficient (Wildman–Crippen LogP) is 2.14. The normalized spacial score (nSPS) is 19.6. The Hall–Kier alpha value is -1.73. The number of hydrogen-bond donors (Lipinski definition) is 2. The Balaban J connectivity index is 1.93. The van der Waals surface area contributed by atoms with E-state index in [1.807, 2.05) is 30.3 Å². The molecule has 0 spiro atoms. The number of benzene rings is 1. The molecule has 0 aromatic heterocycles. The SMILES string of the molecule is N#CCOc1cccc(NC2CCCNCC2)c1. The average molecular weight is 245 g/mol. The van der Waals surface area contributed by atoms with Gasteiger partial charge < -0.3 is 15.4 Å². The Kier molecular flexibility index (Phi) is 4.86. The van der Waals surface area contributed by atoms with E-state index in [4.69, 9.17) is 10.00 Å². The summed E-state index contributed by atoms with van der Waals surface area (Å²) < 4.78 is 5.30. The molecule has 1 unspecified atom stereocenters. The van der Waals surface area contributed by atoms with Gasteiger partial charge in [-0.05, 0) is 44.5 Å². The molecule has 1 fully saturated rings. The summed E-state index contributed by atoms with van der Waals surface area (Å²) in [5, 5.41) is 15.4. The number of ether oxygens (including phenoxy) is 1. The van der Waals surface area contributed by atoms with Crippen molar-refractivity contribution in [3.8, 4) is 11.8 Å². The summed E-state index contributed by atoms with van der Waals surface area (Å²) in [5.74, 6) is 0.744. The van der Waals surface area contributed by atoms with Crippen LogP contribution >= 0.6 is 0 Å². The highest BCUT2D eigenvalue weighted by atomic mass is 16.5. The topological polar surface area (TPSA) is 57.1 Å². The number of nitrogens with one attached hydrogen (secondary N) is 2. The Morgan fingerprint density at radius 1 is 1.39 bits per heavy atom. The molecule has 2 rings (SSSR count). The van der Waals surface area contributed by atoms with Crippen LogP contribution in [-0.2, 0) is 0 Å². The molecule has 1 saturated heterocycles. The third kappa shape index (κ3) is 3.94. The molecule has 1 aromatic carbocycles. The van der Waals surface area contributed by atoms with Gasteiger partial charge in [0.2, 0.25) is 0 Å². The average Bonchev–Trinajstić information content (AvgIpc) is 2.65. The maximum Gasteiger partial charge on any atom is 0.174 e. The molecule has 0 radical (unpaired) electrons. The van der Waals surface area contributed by atoms with Crippen LogP contribution in [-0.4, -0.2) is 25.7 Å². The maximum absolute atomic E-state index is 8.49. The fourth-order valence-corrected chi connectivity index (χ4v) is 2.19. The highest BCUT2D eigenvalue weighted by molar-refractivity contribution is 5.48. The molecule has 96 valence electrons. The third-order valence-electron chi connectivity index (χ3n) is 3.08. The minimum Gasteiger partial charge on any atom is -0.479 e. The highest BCUT2D eigenvalue weighted by Gasteiger charge is 2.11. The number of nitrogens with zero attached hydrogens (tertiary/aromatic N) is 1. The van der Waals surface area contributed by atoms with Crippen LogP contribution in [0.5, 0.6) is 5.75 Å². The lowest BCUT2D eigenvalue weighted by molar-refractivity contribution is 0.368. The molecule has 0 saturated carbocycles. The minimum atomic E-state index is 0.0940. The Morgan fingerprint density at radius 2 is 2.33 bits per heavy atom. The van der Waals surface area contributed by atoms with Crippen molar-refractivity contribution in [2.45, 2.75) is 25.3 Å². The maximum atomic E-state index is 8.49. The first kappa shape index (κ1) is 12.7. The summed E-state index contributed by atoms with van der Waals surface area (Å²) in [6, 6.07) is 10.3. The minimum absolute atomic E-state index is 0.0940. The van der Waals surface area contributed by atoms with Crippen molar-refractivity contribution >= 4 is 5.69 Å². The van der Waals surface area contributed by atoms with Crippen molar-refractivity contribution in [1.29, 1.82) is 5.26 Å². The van der Waals surface area contributed by atoms with Gasteiger partial charge in [-0.25, -0.2) is 0 Å². The van der Waals surface area contributed by atoms with E-state index in [-0.39, 0.29) is 6.61 Å². The summed E-state index contributed by atoms with van der Waals surface area (Å²) in [5.41, 5.74) is 1.07. The summed E-state index contributed by atoms with van der Waals surface area (Å²) in [4.78, 5) is 0. The first-order chi connectivity index (χ1) is 8.88. The molecule has 1 heterocycles. The molecule has 1 aromatic rings. The summed E-state index contributed by atoms with van der Waals surface area (Å²) in [6.07, 6.45) is 3.54. The lowest BCUT2D eigenvalue weighted by Gasteiger charge is -2.17. The zero-order valence-electron chi connectivity index (χ0n) is 10.5. The van der Waals surface area contributed by atoms with Gasteiger partial charge in [-0.2, -0.15) is 5.26 Å². The van der Waals surface area contributed by atoms with Gasteiger partial charge in [0.1, 0.15) is 11.8 Å². The van der Waals surface area contributed by atoms with Gasteiger partial charge in [0.15, 0.2) is 6.61 Å². The molecule has 0 aliphatic carbocycles. The number of rotatable bonds is 4. The molecule has 18 heavy (non-hydrogen) atoms.